The molecule has 2 amide bonds. The molecule has 6 nitrogen and oxygen atoms in total. The zero-order valence-corrected chi connectivity index (χ0v) is 19.9. The number of fused-ring (bicyclic) bond motifs is 1. The molecule has 7 heteroatoms. The summed E-state index contributed by atoms with van der Waals surface area (Å²) in [5.41, 5.74) is 4.51. The second-order valence-electron chi connectivity index (χ2n) is 8.85. The molecular weight excluding hydrogens is 430 g/mol. The van der Waals surface area contributed by atoms with Gasteiger partial charge in [0.25, 0.3) is 0 Å². The van der Waals surface area contributed by atoms with Crippen molar-refractivity contribution in [3.8, 4) is 5.69 Å². The molecule has 2 aliphatic rings. The lowest BCUT2D eigenvalue weighted by Crippen LogP contribution is -2.42. The predicted molar refractivity (Wildman–Crippen MR) is 136 cm³/mol. The lowest BCUT2D eigenvalue weighted by molar-refractivity contribution is 0.247. The Morgan fingerprint density at radius 2 is 1.82 bits per heavy atom. The number of hydrogen-bond donors (Lipinski definition) is 2. The maximum Gasteiger partial charge on any atom is 0.320 e. The topological polar surface area (TPSA) is 62.2 Å². The Hall–Kier alpha value is -2.77. The van der Waals surface area contributed by atoms with Gasteiger partial charge < -0.3 is 5.32 Å². The van der Waals surface area contributed by atoms with Crippen LogP contribution in [0.1, 0.15) is 29.2 Å². The Bertz CT molecular complexity index is 1080. The van der Waals surface area contributed by atoms with Crippen molar-refractivity contribution < 1.29 is 4.79 Å². The fourth-order valence-corrected chi connectivity index (χ4v) is 5.50. The van der Waals surface area contributed by atoms with E-state index in [1.54, 1.807) is 0 Å². The largest absolute Gasteiger partial charge is 0.333 e. The summed E-state index contributed by atoms with van der Waals surface area (Å²) in [4.78, 5) is 15.7. The normalized spacial score (nSPS) is 20.0. The van der Waals surface area contributed by atoms with Crippen molar-refractivity contribution in [2.24, 2.45) is 0 Å². The van der Waals surface area contributed by atoms with Gasteiger partial charge in [-0.15, -0.1) is 0 Å². The monoisotopic (exact) mass is 461 g/mol. The van der Waals surface area contributed by atoms with Crippen molar-refractivity contribution in [3.63, 3.8) is 0 Å². The van der Waals surface area contributed by atoms with Crippen molar-refractivity contribution in [2.75, 3.05) is 37.0 Å². The number of aryl methyl sites for hydroxylation is 1. The molecule has 1 fully saturated rings. The number of nitrogens with one attached hydrogen (secondary N) is 2. The van der Waals surface area contributed by atoms with Crippen LogP contribution in [0.3, 0.4) is 0 Å². The van der Waals surface area contributed by atoms with Gasteiger partial charge >= 0.3 is 6.03 Å². The first-order valence-electron chi connectivity index (χ1n) is 11.7. The minimum atomic E-state index is -0.153. The summed E-state index contributed by atoms with van der Waals surface area (Å²) >= 11 is 1.86. The SMILES string of the molecule is CSCCN1CC(NC(=O)Nc2c3c(nn2-c2ccccc2)CCC3)[C@H](c2ccccc2)C1. The Morgan fingerprint density at radius 3 is 2.58 bits per heavy atom. The molecule has 2 N–H and O–H groups in total. The van der Waals surface area contributed by atoms with E-state index in [-0.39, 0.29) is 18.0 Å². The highest BCUT2D eigenvalue weighted by Crippen LogP contribution is 2.32. The van der Waals surface area contributed by atoms with Crippen LogP contribution >= 0.6 is 11.8 Å². The van der Waals surface area contributed by atoms with Crippen molar-refractivity contribution in [3.05, 3.63) is 77.5 Å². The van der Waals surface area contributed by atoms with Gasteiger partial charge in [-0.25, -0.2) is 9.48 Å². The van der Waals surface area contributed by atoms with Crippen LogP contribution in [-0.2, 0) is 12.8 Å². The van der Waals surface area contributed by atoms with E-state index in [1.807, 2.05) is 52.8 Å². The number of urea groups is 1. The van der Waals surface area contributed by atoms with Crippen molar-refractivity contribution in [1.82, 2.24) is 20.0 Å². The van der Waals surface area contributed by atoms with Crippen molar-refractivity contribution in [1.29, 1.82) is 0 Å². The second-order valence-corrected chi connectivity index (χ2v) is 9.83. The third-order valence-corrected chi connectivity index (χ3v) is 7.28. The molecule has 33 heavy (non-hydrogen) atoms. The summed E-state index contributed by atoms with van der Waals surface area (Å²) in [7, 11) is 0. The minimum Gasteiger partial charge on any atom is -0.333 e. The van der Waals surface area contributed by atoms with Gasteiger partial charge in [-0.05, 0) is 43.2 Å². The average Bonchev–Trinajstić information content (AvgIpc) is 3.55. The van der Waals surface area contributed by atoms with Crippen LogP contribution in [0.4, 0.5) is 10.6 Å². The molecule has 1 unspecified atom stereocenters. The maximum absolute atomic E-state index is 13.3. The Morgan fingerprint density at radius 1 is 1.06 bits per heavy atom. The molecule has 0 radical (unpaired) electrons. The highest BCUT2D eigenvalue weighted by molar-refractivity contribution is 7.98. The number of anilines is 1. The molecular formula is C26H31N5OS. The summed E-state index contributed by atoms with van der Waals surface area (Å²) in [6, 6.07) is 20.5. The fourth-order valence-electron chi connectivity index (χ4n) is 5.06. The van der Waals surface area contributed by atoms with Crippen LogP contribution in [0, 0.1) is 0 Å². The van der Waals surface area contributed by atoms with Gasteiger partial charge in [-0.1, -0.05) is 48.5 Å². The smallest absolute Gasteiger partial charge is 0.320 e. The van der Waals surface area contributed by atoms with E-state index < -0.39 is 0 Å². The van der Waals surface area contributed by atoms with E-state index in [1.165, 1.54) is 11.1 Å². The van der Waals surface area contributed by atoms with E-state index in [9.17, 15) is 4.79 Å². The molecule has 0 bridgehead atoms. The summed E-state index contributed by atoms with van der Waals surface area (Å²) in [6.45, 7) is 2.87. The Balaban J connectivity index is 1.35. The van der Waals surface area contributed by atoms with Gasteiger partial charge in [0.15, 0.2) is 0 Å². The maximum atomic E-state index is 13.3. The molecule has 0 spiro atoms. The lowest BCUT2D eigenvalue weighted by atomic mass is 9.94. The van der Waals surface area contributed by atoms with E-state index in [0.717, 1.165) is 61.8 Å². The molecule has 2 heterocycles. The number of nitrogens with zero attached hydrogens (tertiary/aromatic N) is 3. The van der Waals surface area contributed by atoms with Crippen LogP contribution < -0.4 is 10.6 Å². The number of aromatic nitrogens is 2. The number of rotatable bonds is 7. The zero-order chi connectivity index (χ0) is 22.6. The minimum absolute atomic E-state index is 0.0652. The predicted octanol–water partition coefficient (Wildman–Crippen LogP) is 4.31. The average molecular weight is 462 g/mol. The highest BCUT2D eigenvalue weighted by atomic mass is 32.2. The summed E-state index contributed by atoms with van der Waals surface area (Å²) in [5.74, 6) is 2.19. The van der Waals surface area contributed by atoms with Gasteiger partial charge in [-0.2, -0.15) is 16.9 Å². The third-order valence-electron chi connectivity index (χ3n) is 6.69. The van der Waals surface area contributed by atoms with Gasteiger partial charge in [0.2, 0.25) is 0 Å². The quantitative estimate of drug-likeness (QED) is 0.550. The van der Waals surface area contributed by atoms with Gasteiger partial charge in [0.1, 0.15) is 5.82 Å². The third kappa shape index (κ3) is 4.80. The van der Waals surface area contributed by atoms with E-state index >= 15 is 0 Å². The summed E-state index contributed by atoms with van der Waals surface area (Å²) < 4.78 is 1.89. The Kier molecular flexibility index (Phi) is 6.69. The van der Waals surface area contributed by atoms with Gasteiger partial charge in [0.05, 0.1) is 17.4 Å². The van der Waals surface area contributed by atoms with Crippen LogP contribution in [0.2, 0.25) is 0 Å². The first-order chi connectivity index (χ1) is 16.2. The number of benzene rings is 2. The van der Waals surface area contributed by atoms with Gasteiger partial charge in [0, 0.05) is 36.9 Å². The molecule has 0 saturated carbocycles. The van der Waals surface area contributed by atoms with E-state index in [0.29, 0.717) is 0 Å². The number of para-hydroxylation sites is 1. The first-order valence-corrected chi connectivity index (χ1v) is 13.1. The van der Waals surface area contributed by atoms with Crippen LogP contribution in [0.15, 0.2) is 60.7 Å². The van der Waals surface area contributed by atoms with E-state index in [2.05, 4.69) is 46.1 Å². The zero-order valence-electron chi connectivity index (χ0n) is 19.0. The molecule has 3 aromatic rings. The van der Waals surface area contributed by atoms with E-state index in [4.69, 9.17) is 5.10 Å². The number of amides is 2. The molecule has 1 saturated heterocycles. The van der Waals surface area contributed by atoms with Crippen LogP contribution in [0.25, 0.3) is 5.69 Å². The molecule has 172 valence electrons. The molecule has 1 aliphatic heterocycles. The molecule has 1 aliphatic carbocycles. The second kappa shape index (κ2) is 10.0. The molecule has 2 atom stereocenters. The standard InChI is InChI=1S/C26H31N5OS/c1-33-16-15-30-17-22(19-9-4-2-5-10-19)24(18-30)27-26(32)28-25-21-13-8-14-23(21)29-31(25)20-11-6-3-7-12-20/h2-7,9-12,22,24H,8,13-18H2,1H3,(H2,27,28,32)/t22-,24?/m0/s1. The van der Waals surface area contributed by atoms with Gasteiger partial charge in [-0.3, -0.25) is 10.2 Å². The first kappa shape index (κ1) is 22.0. The summed E-state index contributed by atoms with van der Waals surface area (Å²) in [6.07, 6.45) is 5.15. The molecule has 5 rings (SSSR count). The summed E-state index contributed by atoms with van der Waals surface area (Å²) in [5, 5.41) is 11.3. The Labute approximate surface area is 199 Å². The lowest BCUT2D eigenvalue weighted by Gasteiger charge is -2.21. The van der Waals surface area contributed by atoms with Crippen LogP contribution in [0.5, 0.6) is 0 Å². The van der Waals surface area contributed by atoms with Crippen molar-refractivity contribution >= 4 is 23.6 Å². The number of carbonyl (C=O) groups is 1. The number of carbonyl (C=O) groups excluding carboxylic acids is 1. The highest BCUT2D eigenvalue weighted by Gasteiger charge is 2.35. The molecule has 2 aromatic carbocycles. The number of likely N-dealkylation sites (tertiary alicyclic amines) is 1. The fraction of sp³-hybridized carbons (Fsp3) is 0.385. The number of thioether (sulfide) groups is 1. The van der Waals surface area contributed by atoms with Crippen LogP contribution in [-0.4, -0.2) is 58.4 Å². The van der Waals surface area contributed by atoms with Crippen molar-refractivity contribution in [2.45, 2.75) is 31.2 Å². The molecule has 1 aromatic heterocycles. The number of hydrogen-bond acceptors (Lipinski definition) is 4.